The standard InChI is InChI=1S/C15H28N2O2/c1-7-11-12(18)16-15(6,10-4)13(19)17(11)14(5,8-2)9-3/h11H,7-10H2,1-6H3,(H,16,18). The molecule has 2 amide bonds. The Morgan fingerprint density at radius 1 is 1.21 bits per heavy atom. The van der Waals surface area contributed by atoms with Crippen LogP contribution in [-0.4, -0.2) is 33.8 Å². The van der Waals surface area contributed by atoms with Gasteiger partial charge in [-0.3, -0.25) is 9.59 Å². The molecule has 2 unspecified atom stereocenters. The van der Waals surface area contributed by atoms with E-state index in [1.54, 1.807) is 0 Å². The molecule has 0 bridgehead atoms. The van der Waals surface area contributed by atoms with Gasteiger partial charge in [0.05, 0.1) is 0 Å². The van der Waals surface area contributed by atoms with Gasteiger partial charge in [-0.2, -0.15) is 0 Å². The number of nitrogens with one attached hydrogen (secondary N) is 1. The quantitative estimate of drug-likeness (QED) is 0.832. The number of rotatable bonds is 5. The molecule has 4 heteroatoms. The second-order valence-electron chi connectivity index (χ2n) is 5.98. The van der Waals surface area contributed by atoms with Crippen molar-refractivity contribution in [1.82, 2.24) is 10.2 Å². The van der Waals surface area contributed by atoms with E-state index in [9.17, 15) is 9.59 Å². The van der Waals surface area contributed by atoms with Crippen molar-refractivity contribution in [3.63, 3.8) is 0 Å². The number of nitrogens with zero attached hydrogens (tertiary/aromatic N) is 1. The van der Waals surface area contributed by atoms with E-state index in [1.807, 2.05) is 25.7 Å². The average molecular weight is 268 g/mol. The maximum Gasteiger partial charge on any atom is 0.249 e. The molecule has 4 nitrogen and oxygen atoms in total. The predicted molar refractivity (Wildman–Crippen MR) is 76.8 cm³/mol. The highest BCUT2D eigenvalue weighted by Gasteiger charge is 2.51. The van der Waals surface area contributed by atoms with Crippen molar-refractivity contribution < 1.29 is 9.59 Å². The maximum atomic E-state index is 12.9. The van der Waals surface area contributed by atoms with E-state index in [0.717, 1.165) is 12.8 Å². The highest BCUT2D eigenvalue weighted by molar-refractivity contribution is 6.00. The second-order valence-corrected chi connectivity index (χ2v) is 5.98. The number of amides is 2. The normalized spacial score (nSPS) is 28.5. The lowest BCUT2D eigenvalue weighted by atomic mass is 9.83. The van der Waals surface area contributed by atoms with Gasteiger partial charge in [-0.05, 0) is 39.5 Å². The molecule has 0 spiro atoms. The number of piperazine rings is 1. The van der Waals surface area contributed by atoms with Gasteiger partial charge < -0.3 is 10.2 Å². The molecule has 0 radical (unpaired) electrons. The predicted octanol–water partition coefficient (Wildman–Crippen LogP) is 2.47. The molecule has 0 aromatic carbocycles. The molecular formula is C15H28N2O2. The van der Waals surface area contributed by atoms with Crippen LogP contribution in [0.5, 0.6) is 0 Å². The molecule has 1 aliphatic rings. The molecule has 1 rings (SSSR count). The number of hydrogen-bond acceptors (Lipinski definition) is 2. The Morgan fingerprint density at radius 2 is 1.74 bits per heavy atom. The summed E-state index contributed by atoms with van der Waals surface area (Å²) in [6.45, 7) is 12.0. The zero-order valence-electron chi connectivity index (χ0n) is 13.2. The second kappa shape index (κ2) is 5.51. The summed E-state index contributed by atoms with van der Waals surface area (Å²) in [5, 5.41) is 2.91. The van der Waals surface area contributed by atoms with Crippen LogP contribution in [0.3, 0.4) is 0 Å². The fourth-order valence-corrected chi connectivity index (χ4v) is 2.75. The van der Waals surface area contributed by atoms with Crippen molar-refractivity contribution in [2.45, 2.75) is 84.3 Å². The van der Waals surface area contributed by atoms with E-state index in [-0.39, 0.29) is 23.4 Å². The van der Waals surface area contributed by atoms with Gasteiger partial charge in [-0.25, -0.2) is 0 Å². The number of carbonyl (C=O) groups excluding carboxylic acids is 2. The monoisotopic (exact) mass is 268 g/mol. The van der Waals surface area contributed by atoms with E-state index in [0.29, 0.717) is 12.8 Å². The SMILES string of the molecule is CCC1C(=O)NC(C)(CC)C(=O)N1C(C)(CC)CC. The zero-order valence-corrected chi connectivity index (χ0v) is 13.2. The minimum absolute atomic E-state index is 0.0143. The van der Waals surface area contributed by atoms with Crippen LogP contribution in [0.25, 0.3) is 0 Å². The van der Waals surface area contributed by atoms with Crippen LogP contribution >= 0.6 is 0 Å². The summed E-state index contributed by atoms with van der Waals surface area (Å²) in [4.78, 5) is 27.1. The van der Waals surface area contributed by atoms with E-state index < -0.39 is 5.54 Å². The van der Waals surface area contributed by atoms with Crippen molar-refractivity contribution in [3.05, 3.63) is 0 Å². The molecule has 1 heterocycles. The van der Waals surface area contributed by atoms with Gasteiger partial charge in [-0.15, -0.1) is 0 Å². The van der Waals surface area contributed by atoms with Gasteiger partial charge in [0.25, 0.3) is 0 Å². The van der Waals surface area contributed by atoms with Gasteiger partial charge in [-0.1, -0.05) is 27.7 Å². The van der Waals surface area contributed by atoms with E-state index in [2.05, 4.69) is 26.1 Å². The van der Waals surface area contributed by atoms with Gasteiger partial charge in [0.1, 0.15) is 11.6 Å². The van der Waals surface area contributed by atoms with Crippen molar-refractivity contribution >= 4 is 11.8 Å². The third-order valence-electron chi connectivity index (χ3n) is 4.90. The lowest BCUT2D eigenvalue weighted by molar-refractivity contribution is -0.162. The first-order valence-electron chi connectivity index (χ1n) is 7.45. The summed E-state index contributed by atoms with van der Waals surface area (Å²) in [6, 6.07) is -0.336. The van der Waals surface area contributed by atoms with Crippen molar-refractivity contribution in [2.24, 2.45) is 0 Å². The van der Waals surface area contributed by atoms with Gasteiger partial charge in [0.15, 0.2) is 0 Å². The molecule has 0 aromatic rings. The van der Waals surface area contributed by atoms with Crippen molar-refractivity contribution in [1.29, 1.82) is 0 Å². The summed E-state index contributed by atoms with van der Waals surface area (Å²) in [5.74, 6) is 0.0484. The van der Waals surface area contributed by atoms with Crippen molar-refractivity contribution in [3.8, 4) is 0 Å². The molecule has 1 N–H and O–H groups in total. The molecule has 0 aliphatic carbocycles. The molecule has 1 fully saturated rings. The summed E-state index contributed by atoms with van der Waals surface area (Å²) >= 11 is 0. The lowest BCUT2D eigenvalue weighted by Gasteiger charge is -2.52. The smallest absolute Gasteiger partial charge is 0.249 e. The topological polar surface area (TPSA) is 49.4 Å². The molecule has 1 saturated heterocycles. The van der Waals surface area contributed by atoms with Crippen LogP contribution in [0.1, 0.15) is 67.2 Å². The van der Waals surface area contributed by atoms with Crippen LogP contribution < -0.4 is 5.32 Å². The first-order chi connectivity index (χ1) is 8.79. The Labute approximate surface area is 116 Å². The average Bonchev–Trinajstić information content (AvgIpc) is 2.41. The van der Waals surface area contributed by atoms with E-state index in [4.69, 9.17) is 0 Å². The summed E-state index contributed by atoms with van der Waals surface area (Å²) < 4.78 is 0. The highest BCUT2D eigenvalue weighted by atomic mass is 16.2. The molecule has 0 aromatic heterocycles. The molecule has 2 atom stereocenters. The number of hydrogen-bond donors (Lipinski definition) is 1. The van der Waals surface area contributed by atoms with Gasteiger partial charge >= 0.3 is 0 Å². The van der Waals surface area contributed by atoms with Crippen LogP contribution in [0.4, 0.5) is 0 Å². The first-order valence-corrected chi connectivity index (χ1v) is 7.45. The molecular weight excluding hydrogens is 240 g/mol. The largest absolute Gasteiger partial charge is 0.340 e. The minimum atomic E-state index is -0.756. The fraction of sp³-hybridized carbons (Fsp3) is 0.867. The van der Waals surface area contributed by atoms with Crippen LogP contribution in [0.2, 0.25) is 0 Å². The minimum Gasteiger partial charge on any atom is -0.340 e. The highest BCUT2D eigenvalue weighted by Crippen LogP contribution is 2.33. The third kappa shape index (κ3) is 2.49. The Morgan fingerprint density at radius 3 is 2.11 bits per heavy atom. The Bertz CT molecular complexity index is 363. The zero-order chi connectivity index (χ0) is 14.8. The third-order valence-corrected chi connectivity index (χ3v) is 4.90. The lowest BCUT2D eigenvalue weighted by Crippen LogP contribution is -2.73. The van der Waals surface area contributed by atoms with Crippen molar-refractivity contribution in [2.75, 3.05) is 0 Å². The van der Waals surface area contributed by atoms with Gasteiger partial charge in [0, 0.05) is 5.54 Å². The Hall–Kier alpha value is -1.06. The molecule has 0 saturated carbocycles. The van der Waals surface area contributed by atoms with E-state index in [1.165, 1.54) is 0 Å². The Kier molecular flexibility index (Phi) is 4.64. The molecule has 1 aliphatic heterocycles. The fourth-order valence-electron chi connectivity index (χ4n) is 2.75. The molecule has 19 heavy (non-hydrogen) atoms. The Balaban J connectivity index is 3.28. The van der Waals surface area contributed by atoms with E-state index >= 15 is 0 Å². The van der Waals surface area contributed by atoms with Crippen LogP contribution in [-0.2, 0) is 9.59 Å². The van der Waals surface area contributed by atoms with Crippen LogP contribution in [0, 0.1) is 0 Å². The number of carbonyl (C=O) groups is 2. The summed E-state index contributed by atoms with van der Waals surface area (Å²) in [7, 11) is 0. The summed E-state index contributed by atoms with van der Waals surface area (Å²) in [6.07, 6.45) is 3.00. The maximum absolute atomic E-state index is 12.9. The first kappa shape index (κ1) is 16.0. The van der Waals surface area contributed by atoms with Gasteiger partial charge in [0.2, 0.25) is 11.8 Å². The summed E-state index contributed by atoms with van der Waals surface area (Å²) in [5.41, 5.74) is -1.000. The molecule has 110 valence electrons. The van der Waals surface area contributed by atoms with Crippen LogP contribution in [0.15, 0.2) is 0 Å².